The van der Waals surface area contributed by atoms with Gasteiger partial charge >= 0.3 is 0 Å². The molecule has 80 valence electrons. The fraction of sp³-hybridized carbons (Fsp3) is 0.250. The Bertz CT molecular complexity index is 538. The molecule has 0 bridgehead atoms. The average Bonchev–Trinajstić information content (AvgIpc) is 2.37. The maximum atomic E-state index is 11.5. The molecule has 2 rings (SSSR count). The lowest BCUT2D eigenvalue weighted by Crippen LogP contribution is -2.12. The van der Waals surface area contributed by atoms with Crippen molar-refractivity contribution < 1.29 is 13.3 Å². The summed E-state index contributed by atoms with van der Waals surface area (Å²) in [5.74, 6) is -0.177. The SMILES string of the molecule is NC1CS(=O)(=O)c2ccc([N+](=O)[O-])cc21. The highest BCUT2D eigenvalue weighted by Crippen LogP contribution is 2.34. The summed E-state index contributed by atoms with van der Waals surface area (Å²) in [5, 5.41) is 10.5. The first-order valence-corrected chi connectivity index (χ1v) is 5.84. The van der Waals surface area contributed by atoms with Crippen LogP contribution in [0.25, 0.3) is 0 Å². The smallest absolute Gasteiger partial charge is 0.269 e. The normalized spacial score (nSPS) is 22.3. The molecular weight excluding hydrogens is 220 g/mol. The van der Waals surface area contributed by atoms with Crippen molar-refractivity contribution in [3.05, 3.63) is 33.9 Å². The Kier molecular flexibility index (Phi) is 2.02. The number of sulfone groups is 1. The Hall–Kier alpha value is -1.47. The topological polar surface area (TPSA) is 103 Å². The highest BCUT2D eigenvalue weighted by Gasteiger charge is 2.33. The van der Waals surface area contributed by atoms with E-state index in [1.807, 2.05) is 0 Å². The number of nitro benzene ring substituents is 1. The van der Waals surface area contributed by atoms with Crippen LogP contribution in [0.2, 0.25) is 0 Å². The molecule has 0 saturated heterocycles. The monoisotopic (exact) mass is 228 g/mol. The molecule has 7 heteroatoms. The summed E-state index contributed by atoms with van der Waals surface area (Å²) < 4.78 is 23.0. The molecule has 0 spiro atoms. The van der Waals surface area contributed by atoms with Crippen molar-refractivity contribution in [1.82, 2.24) is 0 Å². The predicted molar refractivity (Wildman–Crippen MR) is 52.1 cm³/mol. The van der Waals surface area contributed by atoms with Crippen LogP contribution >= 0.6 is 0 Å². The molecule has 6 nitrogen and oxygen atoms in total. The summed E-state index contributed by atoms with van der Waals surface area (Å²) in [7, 11) is -3.34. The second-order valence-electron chi connectivity index (χ2n) is 3.37. The number of hydrogen-bond acceptors (Lipinski definition) is 5. The van der Waals surface area contributed by atoms with E-state index >= 15 is 0 Å². The first-order chi connectivity index (χ1) is 6.92. The number of hydrogen-bond donors (Lipinski definition) is 1. The van der Waals surface area contributed by atoms with E-state index < -0.39 is 20.8 Å². The Morgan fingerprint density at radius 3 is 2.73 bits per heavy atom. The van der Waals surface area contributed by atoms with Gasteiger partial charge in [0.1, 0.15) is 0 Å². The van der Waals surface area contributed by atoms with E-state index in [-0.39, 0.29) is 16.3 Å². The van der Waals surface area contributed by atoms with Crippen LogP contribution in [0.15, 0.2) is 23.1 Å². The quantitative estimate of drug-likeness (QED) is 0.552. The lowest BCUT2D eigenvalue weighted by atomic mass is 10.1. The van der Waals surface area contributed by atoms with Crippen molar-refractivity contribution in [2.75, 3.05) is 5.75 Å². The van der Waals surface area contributed by atoms with Crippen LogP contribution in [0.5, 0.6) is 0 Å². The van der Waals surface area contributed by atoms with E-state index in [4.69, 9.17) is 5.73 Å². The highest BCUT2D eigenvalue weighted by atomic mass is 32.2. The zero-order valence-electron chi connectivity index (χ0n) is 7.58. The molecule has 1 atom stereocenters. The molecule has 0 aliphatic carbocycles. The second-order valence-corrected chi connectivity index (χ2v) is 5.37. The molecule has 1 heterocycles. The Labute approximate surface area is 85.8 Å². The van der Waals surface area contributed by atoms with Crippen molar-refractivity contribution in [2.24, 2.45) is 5.73 Å². The fourth-order valence-electron chi connectivity index (χ4n) is 1.64. The molecule has 2 N–H and O–H groups in total. The molecular formula is C8H8N2O4S. The third-order valence-corrected chi connectivity index (χ3v) is 4.18. The number of nitro groups is 1. The zero-order valence-corrected chi connectivity index (χ0v) is 8.40. The zero-order chi connectivity index (χ0) is 11.2. The van der Waals surface area contributed by atoms with E-state index in [1.54, 1.807) is 0 Å². The lowest BCUT2D eigenvalue weighted by molar-refractivity contribution is -0.385. The molecule has 1 aromatic rings. The number of non-ortho nitro benzene ring substituents is 1. The van der Waals surface area contributed by atoms with Crippen molar-refractivity contribution in [3.8, 4) is 0 Å². The molecule has 15 heavy (non-hydrogen) atoms. The van der Waals surface area contributed by atoms with E-state index in [0.717, 1.165) is 0 Å². The predicted octanol–water partition coefficient (Wildman–Crippen LogP) is 0.382. The number of nitrogens with two attached hydrogens (primary N) is 1. The number of rotatable bonds is 1. The van der Waals surface area contributed by atoms with Crippen LogP contribution in [0.3, 0.4) is 0 Å². The van der Waals surface area contributed by atoms with Gasteiger partial charge in [-0.05, 0) is 11.6 Å². The minimum atomic E-state index is -3.34. The van der Waals surface area contributed by atoms with Crippen LogP contribution in [0.4, 0.5) is 5.69 Å². The van der Waals surface area contributed by atoms with Gasteiger partial charge in [0.25, 0.3) is 5.69 Å². The summed E-state index contributed by atoms with van der Waals surface area (Å²) >= 11 is 0. The van der Waals surface area contributed by atoms with Gasteiger partial charge in [-0.3, -0.25) is 10.1 Å². The van der Waals surface area contributed by atoms with Crippen LogP contribution < -0.4 is 5.73 Å². The molecule has 1 unspecified atom stereocenters. The van der Waals surface area contributed by atoms with E-state index in [1.165, 1.54) is 18.2 Å². The largest absolute Gasteiger partial charge is 0.323 e. The molecule has 0 amide bonds. The van der Waals surface area contributed by atoms with E-state index in [0.29, 0.717) is 5.56 Å². The van der Waals surface area contributed by atoms with Gasteiger partial charge in [0.2, 0.25) is 0 Å². The van der Waals surface area contributed by atoms with Crippen molar-refractivity contribution in [3.63, 3.8) is 0 Å². The Balaban J connectivity index is 2.66. The van der Waals surface area contributed by atoms with Gasteiger partial charge in [0.05, 0.1) is 15.6 Å². The number of nitrogens with zero attached hydrogens (tertiary/aromatic N) is 1. The van der Waals surface area contributed by atoms with Crippen molar-refractivity contribution in [1.29, 1.82) is 0 Å². The van der Waals surface area contributed by atoms with Crippen LogP contribution in [0.1, 0.15) is 11.6 Å². The summed E-state index contributed by atoms with van der Waals surface area (Å²) in [6, 6.07) is 2.99. The van der Waals surface area contributed by atoms with Crippen LogP contribution in [-0.2, 0) is 9.84 Å². The number of fused-ring (bicyclic) bond motifs is 1. The van der Waals surface area contributed by atoms with Gasteiger partial charge in [-0.1, -0.05) is 0 Å². The summed E-state index contributed by atoms with van der Waals surface area (Å²) in [6.07, 6.45) is 0. The second kappa shape index (κ2) is 3.01. The average molecular weight is 228 g/mol. The van der Waals surface area contributed by atoms with Gasteiger partial charge in [0, 0.05) is 18.2 Å². The van der Waals surface area contributed by atoms with Crippen LogP contribution in [0, 0.1) is 10.1 Å². The minimum absolute atomic E-state index is 0.112. The third kappa shape index (κ3) is 1.49. The molecule has 1 aliphatic heterocycles. The maximum Gasteiger partial charge on any atom is 0.269 e. The lowest BCUT2D eigenvalue weighted by Gasteiger charge is -2.00. The van der Waals surface area contributed by atoms with Crippen molar-refractivity contribution in [2.45, 2.75) is 10.9 Å². The summed E-state index contributed by atoms with van der Waals surface area (Å²) in [4.78, 5) is 10.0. The van der Waals surface area contributed by atoms with E-state index in [2.05, 4.69) is 0 Å². The van der Waals surface area contributed by atoms with Gasteiger partial charge < -0.3 is 5.73 Å². The molecule has 1 aliphatic rings. The summed E-state index contributed by atoms with van der Waals surface area (Å²) in [6.45, 7) is 0. The van der Waals surface area contributed by atoms with Crippen LogP contribution in [-0.4, -0.2) is 19.1 Å². The Morgan fingerprint density at radius 2 is 2.13 bits per heavy atom. The van der Waals surface area contributed by atoms with E-state index in [9.17, 15) is 18.5 Å². The maximum absolute atomic E-state index is 11.5. The molecule has 0 fully saturated rings. The fourth-order valence-corrected chi connectivity index (χ4v) is 3.32. The van der Waals surface area contributed by atoms with Gasteiger partial charge in [0.15, 0.2) is 9.84 Å². The summed E-state index contributed by atoms with van der Waals surface area (Å²) in [5.41, 5.74) is 5.79. The first kappa shape index (κ1) is 10.1. The molecule has 0 aromatic heterocycles. The molecule has 1 aromatic carbocycles. The third-order valence-electron chi connectivity index (χ3n) is 2.34. The highest BCUT2D eigenvalue weighted by molar-refractivity contribution is 7.91. The molecule has 0 radical (unpaired) electrons. The Morgan fingerprint density at radius 1 is 1.47 bits per heavy atom. The molecule has 0 saturated carbocycles. The van der Waals surface area contributed by atoms with Gasteiger partial charge in [-0.2, -0.15) is 0 Å². The first-order valence-electron chi connectivity index (χ1n) is 4.18. The van der Waals surface area contributed by atoms with Gasteiger partial charge in [-0.25, -0.2) is 8.42 Å². The van der Waals surface area contributed by atoms with Crippen molar-refractivity contribution >= 4 is 15.5 Å². The van der Waals surface area contributed by atoms with Gasteiger partial charge in [-0.15, -0.1) is 0 Å². The standard InChI is InChI=1S/C8H8N2O4S/c9-7-4-15(13,14)8-2-1-5(10(11)12)3-6(7)8/h1-3,7H,4,9H2. The minimum Gasteiger partial charge on any atom is -0.323 e. The number of benzene rings is 1.